The second-order valence-electron chi connectivity index (χ2n) is 5.80. The molecule has 24 heavy (non-hydrogen) atoms. The maximum Gasteiger partial charge on any atom is 0.326 e. The molecule has 6 nitrogen and oxygen atoms in total. The number of nitrogens with one attached hydrogen (secondary N) is 1. The van der Waals surface area contributed by atoms with Crippen molar-refractivity contribution in [3.8, 4) is 0 Å². The predicted molar refractivity (Wildman–Crippen MR) is 90.9 cm³/mol. The molecule has 1 aromatic heterocycles. The van der Waals surface area contributed by atoms with E-state index in [1.807, 2.05) is 30.3 Å². The molecule has 2 N–H and O–H groups in total. The van der Waals surface area contributed by atoms with Crippen LogP contribution in [0.2, 0.25) is 0 Å². The summed E-state index contributed by atoms with van der Waals surface area (Å²) >= 11 is 0. The number of carbonyl (C=O) groups excluding carboxylic acids is 1. The van der Waals surface area contributed by atoms with Gasteiger partial charge in [-0.2, -0.15) is 5.10 Å². The van der Waals surface area contributed by atoms with Gasteiger partial charge in [0.25, 0.3) is 5.91 Å². The number of aromatic nitrogens is 2. The summed E-state index contributed by atoms with van der Waals surface area (Å²) in [6.45, 7) is 4.59. The summed E-state index contributed by atoms with van der Waals surface area (Å²) in [7, 11) is 0. The number of carbonyl (C=O) groups is 2. The van der Waals surface area contributed by atoms with Crippen molar-refractivity contribution in [1.29, 1.82) is 0 Å². The van der Waals surface area contributed by atoms with E-state index in [0.717, 1.165) is 24.9 Å². The molecule has 0 fully saturated rings. The molecule has 0 spiro atoms. The molecular formula is C18H23N3O3. The van der Waals surface area contributed by atoms with E-state index in [1.54, 1.807) is 17.8 Å². The van der Waals surface area contributed by atoms with Crippen LogP contribution in [0.3, 0.4) is 0 Å². The second-order valence-corrected chi connectivity index (χ2v) is 5.80. The minimum Gasteiger partial charge on any atom is -0.480 e. The molecule has 0 saturated carbocycles. The van der Waals surface area contributed by atoms with E-state index >= 15 is 0 Å². The molecule has 0 unspecified atom stereocenters. The number of aryl methyl sites for hydroxylation is 2. The Labute approximate surface area is 141 Å². The maximum atomic E-state index is 12.4. The molecule has 0 aliphatic rings. The molecule has 6 heteroatoms. The van der Waals surface area contributed by atoms with Crippen LogP contribution < -0.4 is 5.32 Å². The molecule has 0 aliphatic heterocycles. The highest BCUT2D eigenvalue weighted by molar-refractivity contribution is 5.97. The zero-order valence-electron chi connectivity index (χ0n) is 14.0. The van der Waals surface area contributed by atoms with E-state index in [0.29, 0.717) is 11.3 Å². The van der Waals surface area contributed by atoms with Gasteiger partial charge in [0.15, 0.2) is 0 Å². The number of nitrogens with zero attached hydrogens (tertiary/aromatic N) is 2. The highest BCUT2D eigenvalue weighted by Gasteiger charge is 2.23. The van der Waals surface area contributed by atoms with Gasteiger partial charge in [0.05, 0.1) is 11.3 Å². The summed E-state index contributed by atoms with van der Waals surface area (Å²) in [6, 6.07) is 8.27. The molecule has 1 atom stereocenters. The first-order chi connectivity index (χ1) is 11.5. The molecule has 128 valence electrons. The Morgan fingerprint density at radius 3 is 2.62 bits per heavy atom. The van der Waals surface area contributed by atoms with E-state index in [9.17, 15) is 14.7 Å². The Bertz CT molecular complexity index is 695. The summed E-state index contributed by atoms with van der Waals surface area (Å²) in [5.41, 5.74) is 1.89. The average molecular weight is 329 g/mol. The van der Waals surface area contributed by atoms with Crippen molar-refractivity contribution in [2.45, 2.75) is 45.7 Å². The SMILES string of the molecule is CCCCn1cc(C(=O)N[C@H](Cc2ccccc2)C(=O)O)c(C)n1. The molecule has 0 aliphatic carbocycles. The van der Waals surface area contributed by atoms with Crippen LogP contribution in [0.25, 0.3) is 0 Å². The van der Waals surface area contributed by atoms with Gasteiger partial charge in [-0.3, -0.25) is 9.48 Å². The average Bonchev–Trinajstić information content (AvgIpc) is 2.94. The first kappa shape index (κ1) is 17.7. The van der Waals surface area contributed by atoms with Gasteiger partial charge >= 0.3 is 5.97 Å². The number of carboxylic acid groups (broad SMARTS) is 1. The van der Waals surface area contributed by atoms with Crippen LogP contribution in [-0.4, -0.2) is 32.8 Å². The van der Waals surface area contributed by atoms with Crippen molar-refractivity contribution >= 4 is 11.9 Å². The van der Waals surface area contributed by atoms with Crippen molar-refractivity contribution in [1.82, 2.24) is 15.1 Å². The topological polar surface area (TPSA) is 84.2 Å². The van der Waals surface area contributed by atoms with Crippen molar-refractivity contribution < 1.29 is 14.7 Å². The smallest absolute Gasteiger partial charge is 0.326 e. The number of carboxylic acids is 1. The minimum atomic E-state index is -1.05. The molecule has 2 aromatic rings. The van der Waals surface area contributed by atoms with E-state index < -0.39 is 17.9 Å². The van der Waals surface area contributed by atoms with Gasteiger partial charge in [-0.25, -0.2) is 4.79 Å². The third-order valence-corrected chi connectivity index (χ3v) is 3.82. The van der Waals surface area contributed by atoms with Gasteiger partial charge in [0.1, 0.15) is 6.04 Å². The summed E-state index contributed by atoms with van der Waals surface area (Å²) < 4.78 is 1.74. The van der Waals surface area contributed by atoms with E-state index in [4.69, 9.17) is 0 Å². The number of rotatable bonds is 8. The van der Waals surface area contributed by atoms with Gasteiger partial charge in [-0.15, -0.1) is 0 Å². The lowest BCUT2D eigenvalue weighted by molar-refractivity contribution is -0.139. The zero-order valence-corrected chi connectivity index (χ0v) is 14.0. The fourth-order valence-corrected chi connectivity index (χ4v) is 2.46. The van der Waals surface area contributed by atoms with Crippen LogP contribution in [0, 0.1) is 6.92 Å². The van der Waals surface area contributed by atoms with E-state index in [1.165, 1.54) is 0 Å². The van der Waals surface area contributed by atoms with Crippen LogP contribution in [-0.2, 0) is 17.8 Å². The van der Waals surface area contributed by atoms with Crippen LogP contribution in [0.15, 0.2) is 36.5 Å². The number of unbranched alkanes of at least 4 members (excludes halogenated alkanes) is 1. The largest absolute Gasteiger partial charge is 0.480 e. The maximum absolute atomic E-state index is 12.4. The van der Waals surface area contributed by atoms with Gasteiger partial charge in [-0.1, -0.05) is 43.7 Å². The Morgan fingerprint density at radius 2 is 2.00 bits per heavy atom. The van der Waals surface area contributed by atoms with Gasteiger partial charge in [-0.05, 0) is 18.9 Å². The second kappa shape index (κ2) is 8.29. The standard InChI is InChI=1S/C18H23N3O3/c1-3-4-10-21-12-15(13(2)20-21)17(22)19-16(18(23)24)11-14-8-6-5-7-9-14/h5-9,12,16H,3-4,10-11H2,1-2H3,(H,19,22)(H,23,24)/t16-/m1/s1. The lowest BCUT2D eigenvalue weighted by Crippen LogP contribution is -2.42. The van der Waals surface area contributed by atoms with Gasteiger partial charge < -0.3 is 10.4 Å². The quantitative estimate of drug-likeness (QED) is 0.779. The molecule has 0 radical (unpaired) electrons. The predicted octanol–water partition coefficient (Wildman–Crippen LogP) is 2.42. The zero-order chi connectivity index (χ0) is 17.5. The Hall–Kier alpha value is -2.63. The summed E-state index contributed by atoms with van der Waals surface area (Å²) in [6.07, 6.45) is 3.94. The van der Waals surface area contributed by atoms with Crippen LogP contribution in [0.5, 0.6) is 0 Å². The lowest BCUT2D eigenvalue weighted by atomic mass is 10.1. The summed E-state index contributed by atoms with van der Waals surface area (Å²) in [4.78, 5) is 23.9. The Balaban J connectivity index is 2.08. The Kier molecular flexibility index (Phi) is 6.12. The molecule has 1 heterocycles. The summed E-state index contributed by atoms with van der Waals surface area (Å²) in [5, 5.41) is 16.3. The molecule has 0 bridgehead atoms. The molecule has 2 rings (SSSR count). The first-order valence-electron chi connectivity index (χ1n) is 8.13. The van der Waals surface area contributed by atoms with Crippen molar-refractivity contribution in [3.63, 3.8) is 0 Å². The highest BCUT2D eigenvalue weighted by Crippen LogP contribution is 2.09. The third-order valence-electron chi connectivity index (χ3n) is 3.82. The number of benzene rings is 1. The van der Waals surface area contributed by atoms with Gasteiger partial charge in [0, 0.05) is 19.2 Å². The number of hydrogen-bond donors (Lipinski definition) is 2. The monoisotopic (exact) mass is 329 g/mol. The van der Waals surface area contributed by atoms with Crippen LogP contribution >= 0.6 is 0 Å². The Morgan fingerprint density at radius 1 is 1.29 bits per heavy atom. The number of aliphatic carboxylic acids is 1. The molecule has 0 saturated heterocycles. The normalized spacial score (nSPS) is 11.9. The highest BCUT2D eigenvalue weighted by atomic mass is 16.4. The van der Waals surface area contributed by atoms with Crippen molar-refractivity contribution in [2.75, 3.05) is 0 Å². The van der Waals surface area contributed by atoms with Gasteiger partial charge in [0.2, 0.25) is 0 Å². The van der Waals surface area contributed by atoms with E-state index in [-0.39, 0.29) is 6.42 Å². The fourth-order valence-electron chi connectivity index (χ4n) is 2.46. The molecule has 1 aromatic carbocycles. The number of hydrogen-bond acceptors (Lipinski definition) is 3. The molecule has 1 amide bonds. The van der Waals surface area contributed by atoms with E-state index in [2.05, 4.69) is 17.3 Å². The first-order valence-corrected chi connectivity index (χ1v) is 8.13. The fraction of sp³-hybridized carbons (Fsp3) is 0.389. The summed E-state index contributed by atoms with van der Waals surface area (Å²) in [5.74, 6) is -1.46. The van der Waals surface area contributed by atoms with Crippen molar-refractivity contribution in [3.05, 3.63) is 53.3 Å². The van der Waals surface area contributed by atoms with Crippen molar-refractivity contribution in [2.24, 2.45) is 0 Å². The number of amides is 1. The van der Waals surface area contributed by atoms with Crippen LogP contribution in [0.1, 0.15) is 41.4 Å². The molecular weight excluding hydrogens is 306 g/mol. The lowest BCUT2D eigenvalue weighted by Gasteiger charge is -2.14. The third kappa shape index (κ3) is 4.68. The minimum absolute atomic E-state index is 0.241. The van der Waals surface area contributed by atoms with Crippen LogP contribution in [0.4, 0.5) is 0 Å².